The van der Waals surface area contributed by atoms with Crippen LogP contribution in [0.25, 0.3) is 0 Å². The standard InChI is InChI=1S/C23H36N4O4.C17H25N3O4.C6H13NO/c1-23(2,3)31-22(30)25-20-14-18(4-9-24-20)15-26-10-7-19(8-11-26)21(29)27-12-5-17(16-28)6-13-27;1-17(2,3)24-16(23)19-14-10-12(4-7-18-14)11-20-8-5-13(6-9-20)15(21)22;8-5-6-1-3-7-4-2-6/h4,9,14,17,19,28H,5-8,10-13,15-16H2,1-3H3,(H,24,25,30);4,7,10,13H,5-6,8-9,11H2,1-3H3,(H,21,22)(H,18,19,23);6-8H,1-5H2. The minimum absolute atomic E-state index is 0.101. The van der Waals surface area contributed by atoms with E-state index in [2.05, 4.69) is 35.7 Å². The van der Waals surface area contributed by atoms with E-state index in [1.807, 2.05) is 49.9 Å². The predicted octanol–water partition coefficient (Wildman–Crippen LogP) is 5.58. The van der Waals surface area contributed by atoms with Crippen molar-refractivity contribution in [3.05, 3.63) is 47.8 Å². The minimum atomic E-state index is -0.706. The zero-order valence-corrected chi connectivity index (χ0v) is 38.4. The fourth-order valence-corrected chi connectivity index (χ4v) is 7.95. The van der Waals surface area contributed by atoms with Crippen LogP contribution in [-0.2, 0) is 32.2 Å². The smallest absolute Gasteiger partial charge is 0.413 e. The molecule has 6 rings (SSSR count). The van der Waals surface area contributed by atoms with Gasteiger partial charge >= 0.3 is 18.2 Å². The Bertz CT molecular complexity index is 1720. The van der Waals surface area contributed by atoms with Gasteiger partial charge in [-0.25, -0.2) is 19.6 Å². The maximum absolute atomic E-state index is 12.8. The first-order valence-electron chi connectivity index (χ1n) is 22.7. The summed E-state index contributed by atoms with van der Waals surface area (Å²) >= 11 is 0. The van der Waals surface area contributed by atoms with Crippen molar-refractivity contribution in [2.45, 2.75) is 117 Å². The Morgan fingerprint density at radius 3 is 1.44 bits per heavy atom. The summed E-state index contributed by atoms with van der Waals surface area (Å²) in [5, 5.41) is 35.5. The minimum Gasteiger partial charge on any atom is -0.481 e. The van der Waals surface area contributed by atoms with Crippen LogP contribution < -0.4 is 16.0 Å². The second kappa shape index (κ2) is 25.2. The van der Waals surface area contributed by atoms with Crippen molar-refractivity contribution in [1.82, 2.24) is 30.0 Å². The van der Waals surface area contributed by atoms with Gasteiger partial charge < -0.3 is 35.0 Å². The molecule has 0 aliphatic carbocycles. The molecular weight excluding hydrogens is 809 g/mol. The molecule has 2 aromatic heterocycles. The summed E-state index contributed by atoms with van der Waals surface area (Å²) in [5.74, 6) is 1.29. The fourth-order valence-electron chi connectivity index (χ4n) is 7.95. The summed E-state index contributed by atoms with van der Waals surface area (Å²) in [6.45, 7) is 19.9. The normalized spacial score (nSPS) is 18.8. The van der Waals surface area contributed by atoms with Gasteiger partial charge in [0.05, 0.1) is 5.92 Å². The van der Waals surface area contributed by atoms with Crippen LogP contribution >= 0.6 is 0 Å². The fraction of sp³-hybridized carbons (Fsp3) is 0.696. The molecule has 0 radical (unpaired) electrons. The van der Waals surface area contributed by atoms with E-state index in [4.69, 9.17) is 19.7 Å². The van der Waals surface area contributed by atoms with E-state index in [0.29, 0.717) is 49.5 Å². The number of likely N-dealkylation sites (tertiary alicyclic amines) is 3. The molecule has 4 fully saturated rings. The van der Waals surface area contributed by atoms with Crippen LogP contribution in [0.5, 0.6) is 0 Å². The number of hydrogen-bond acceptors (Lipinski definition) is 13. The number of aliphatic carboxylic acids is 1. The van der Waals surface area contributed by atoms with Crippen LogP contribution in [0, 0.1) is 23.7 Å². The van der Waals surface area contributed by atoms with E-state index in [9.17, 15) is 24.3 Å². The zero-order chi connectivity index (χ0) is 46.0. The Hall–Kier alpha value is -4.42. The maximum atomic E-state index is 12.8. The molecule has 63 heavy (non-hydrogen) atoms. The molecule has 6 N–H and O–H groups in total. The molecule has 3 amide bonds. The van der Waals surface area contributed by atoms with Crippen molar-refractivity contribution in [1.29, 1.82) is 0 Å². The number of carboxylic acid groups (broad SMARTS) is 1. The Morgan fingerprint density at radius 2 is 1.06 bits per heavy atom. The number of anilines is 2. The SMILES string of the molecule is CC(C)(C)OC(=O)Nc1cc(CN2CCC(C(=O)N3CCC(CO)CC3)CC2)ccn1.CC(C)(C)OC(=O)Nc1cc(CN2CCC(C(=O)O)CC2)ccn1.OCC1CCNCC1. The Labute approximate surface area is 373 Å². The lowest BCUT2D eigenvalue weighted by Gasteiger charge is -2.37. The molecule has 4 aliphatic rings. The third-order valence-electron chi connectivity index (χ3n) is 11.5. The monoisotopic (exact) mass is 883 g/mol. The number of piperidine rings is 4. The molecule has 2 aromatic rings. The molecule has 0 saturated carbocycles. The second-order valence-corrected chi connectivity index (χ2v) is 19.1. The van der Waals surface area contributed by atoms with E-state index < -0.39 is 29.4 Å². The Kier molecular flexibility index (Phi) is 20.5. The van der Waals surface area contributed by atoms with Gasteiger partial charge in [0.15, 0.2) is 0 Å². The van der Waals surface area contributed by atoms with Crippen molar-refractivity contribution >= 4 is 35.7 Å². The Morgan fingerprint density at radius 1 is 0.651 bits per heavy atom. The van der Waals surface area contributed by atoms with Crippen molar-refractivity contribution in [3.63, 3.8) is 0 Å². The number of nitrogens with one attached hydrogen (secondary N) is 3. The van der Waals surface area contributed by atoms with E-state index in [0.717, 1.165) is 109 Å². The van der Waals surface area contributed by atoms with Gasteiger partial charge in [0.25, 0.3) is 0 Å². The molecule has 4 saturated heterocycles. The molecule has 352 valence electrons. The first kappa shape index (κ1) is 51.2. The first-order valence-corrected chi connectivity index (χ1v) is 22.7. The molecule has 0 bridgehead atoms. The highest BCUT2D eigenvalue weighted by atomic mass is 16.6. The lowest BCUT2D eigenvalue weighted by molar-refractivity contribution is -0.143. The van der Waals surface area contributed by atoms with Crippen LogP contribution in [0.15, 0.2) is 36.7 Å². The van der Waals surface area contributed by atoms with Gasteiger partial charge in [-0.3, -0.25) is 30.0 Å². The van der Waals surface area contributed by atoms with Gasteiger partial charge in [-0.2, -0.15) is 0 Å². The van der Waals surface area contributed by atoms with Gasteiger partial charge in [-0.05, 0) is 179 Å². The summed E-state index contributed by atoms with van der Waals surface area (Å²) in [5.41, 5.74) is 0.968. The van der Waals surface area contributed by atoms with Gasteiger partial charge in [0.1, 0.15) is 22.8 Å². The zero-order valence-electron chi connectivity index (χ0n) is 38.4. The lowest BCUT2D eigenvalue weighted by Crippen LogP contribution is -2.45. The average molecular weight is 883 g/mol. The number of amides is 3. The number of carboxylic acids is 1. The number of aromatic nitrogens is 2. The van der Waals surface area contributed by atoms with E-state index >= 15 is 0 Å². The quantitative estimate of drug-likeness (QED) is 0.172. The van der Waals surface area contributed by atoms with Crippen LogP contribution in [-0.4, -0.2) is 141 Å². The van der Waals surface area contributed by atoms with E-state index in [1.165, 1.54) is 0 Å². The number of nitrogens with zero attached hydrogens (tertiary/aromatic N) is 5. The molecular formula is C46H74N8O9. The summed E-state index contributed by atoms with van der Waals surface area (Å²) in [6.07, 6.45) is 9.47. The molecule has 4 aliphatic heterocycles. The predicted molar refractivity (Wildman–Crippen MR) is 241 cm³/mol. The largest absolute Gasteiger partial charge is 0.481 e. The third kappa shape index (κ3) is 19.5. The molecule has 0 unspecified atom stereocenters. The van der Waals surface area contributed by atoms with Crippen molar-refractivity contribution < 1.29 is 44.0 Å². The highest BCUT2D eigenvalue weighted by Crippen LogP contribution is 2.25. The van der Waals surface area contributed by atoms with Crippen LogP contribution in [0.1, 0.15) is 104 Å². The van der Waals surface area contributed by atoms with Gasteiger partial charge in [0.2, 0.25) is 5.91 Å². The highest BCUT2D eigenvalue weighted by Gasteiger charge is 2.31. The number of pyridine rings is 2. The molecule has 0 spiro atoms. The molecule has 0 aromatic carbocycles. The van der Waals surface area contributed by atoms with Gasteiger partial charge in [-0.15, -0.1) is 0 Å². The molecule has 17 nitrogen and oxygen atoms in total. The summed E-state index contributed by atoms with van der Waals surface area (Å²) in [4.78, 5) is 62.5. The number of aliphatic hydroxyl groups is 2. The highest BCUT2D eigenvalue weighted by molar-refractivity contribution is 5.84. The number of carbonyl (C=O) groups is 4. The van der Waals surface area contributed by atoms with E-state index in [1.54, 1.807) is 33.2 Å². The van der Waals surface area contributed by atoms with Gasteiger partial charge in [0, 0.05) is 57.7 Å². The number of carbonyl (C=O) groups excluding carboxylic acids is 3. The van der Waals surface area contributed by atoms with Crippen LogP contribution in [0.3, 0.4) is 0 Å². The number of ether oxygens (including phenoxy) is 2. The average Bonchev–Trinajstić information content (AvgIpc) is 3.23. The first-order chi connectivity index (χ1) is 29.9. The molecule has 17 heteroatoms. The summed E-state index contributed by atoms with van der Waals surface area (Å²) in [6, 6.07) is 7.52. The summed E-state index contributed by atoms with van der Waals surface area (Å²) < 4.78 is 10.5. The van der Waals surface area contributed by atoms with Crippen molar-refractivity contribution in [2.75, 3.05) is 76.2 Å². The van der Waals surface area contributed by atoms with Crippen molar-refractivity contribution in [3.8, 4) is 0 Å². The van der Waals surface area contributed by atoms with Gasteiger partial charge in [-0.1, -0.05) is 0 Å². The number of hydrogen-bond donors (Lipinski definition) is 6. The molecule has 0 atom stereocenters. The molecule has 6 heterocycles. The van der Waals surface area contributed by atoms with Crippen LogP contribution in [0.2, 0.25) is 0 Å². The van der Waals surface area contributed by atoms with Crippen LogP contribution in [0.4, 0.5) is 21.2 Å². The number of rotatable bonds is 10. The van der Waals surface area contributed by atoms with Crippen molar-refractivity contribution in [2.24, 2.45) is 23.7 Å². The second-order valence-electron chi connectivity index (χ2n) is 19.1. The number of aliphatic hydroxyl groups excluding tert-OH is 2. The maximum Gasteiger partial charge on any atom is 0.413 e. The topological polar surface area (TPSA) is 219 Å². The third-order valence-corrected chi connectivity index (χ3v) is 11.5. The lowest BCUT2D eigenvalue weighted by atomic mass is 9.92. The van der Waals surface area contributed by atoms with E-state index in [-0.39, 0.29) is 24.3 Å². The Balaban J connectivity index is 0.000000240. The summed E-state index contributed by atoms with van der Waals surface area (Å²) in [7, 11) is 0.